The van der Waals surface area contributed by atoms with E-state index in [-0.39, 0.29) is 23.2 Å². The summed E-state index contributed by atoms with van der Waals surface area (Å²) in [6.45, 7) is 4.08. The molecule has 24 heavy (non-hydrogen) atoms. The third-order valence-electron chi connectivity index (χ3n) is 3.84. The summed E-state index contributed by atoms with van der Waals surface area (Å²) in [5, 5.41) is 0.637. The van der Waals surface area contributed by atoms with Crippen LogP contribution in [0.4, 0.5) is 0 Å². The number of benzene rings is 1. The summed E-state index contributed by atoms with van der Waals surface area (Å²) >= 11 is 0. The van der Waals surface area contributed by atoms with Gasteiger partial charge in [-0.25, -0.2) is 0 Å². The zero-order valence-corrected chi connectivity index (χ0v) is 14.7. The Kier molecular flexibility index (Phi) is 5.19. The lowest BCUT2D eigenvalue weighted by atomic mass is 10.0. The smallest absolute Gasteiger partial charge is 0.254 e. The molecule has 1 aromatic carbocycles. The Morgan fingerprint density at radius 2 is 1.58 bits per heavy atom. The number of rotatable bonds is 6. The molecule has 2 rings (SSSR count). The standard InChI is InChI=1S/C18H22N2O4/c1-11(21)14-8-13-9-16(12(2)22)24-17(13)10-15(14)18(23)20(5)7-6-19(3)4/h8-10H,6-7H2,1-5H3. The average Bonchev–Trinajstić information content (AvgIpc) is 2.93. The van der Waals surface area contributed by atoms with Gasteiger partial charge in [-0.2, -0.15) is 0 Å². The van der Waals surface area contributed by atoms with Gasteiger partial charge in [-0.1, -0.05) is 0 Å². The second-order valence-corrected chi connectivity index (χ2v) is 6.19. The van der Waals surface area contributed by atoms with Crippen molar-refractivity contribution in [3.8, 4) is 0 Å². The fourth-order valence-electron chi connectivity index (χ4n) is 2.39. The van der Waals surface area contributed by atoms with Gasteiger partial charge in [-0.15, -0.1) is 0 Å². The van der Waals surface area contributed by atoms with Crippen LogP contribution in [0.3, 0.4) is 0 Å². The van der Waals surface area contributed by atoms with Gasteiger partial charge in [0.25, 0.3) is 5.91 Å². The second kappa shape index (κ2) is 6.97. The Labute approximate surface area is 141 Å². The second-order valence-electron chi connectivity index (χ2n) is 6.19. The van der Waals surface area contributed by atoms with E-state index in [4.69, 9.17) is 4.42 Å². The minimum absolute atomic E-state index is 0.202. The quantitative estimate of drug-likeness (QED) is 0.761. The van der Waals surface area contributed by atoms with Crippen LogP contribution in [0.1, 0.15) is 45.1 Å². The van der Waals surface area contributed by atoms with Crippen molar-refractivity contribution in [2.45, 2.75) is 13.8 Å². The van der Waals surface area contributed by atoms with Crippen LogP contribution in [-0.4, -0.2) is 61.5 Å². The van der Waals surface area contributed by atoms with Crippen molar-refractivity contribution in [1.29, 1.82) is 0 Å². The molecule has 0 aliphatic rings. The topological polar surface area (TPSA) is 70.8 Å². The van der Waals surface area contributed by atoms with Gasteiger partial charge in [-0.05, 0) is 39.2 Å². The van der Waals surface area contributed by atoms with Gasteiger partial charge in [0, 0.05) is 38.0 Å². The van der Waals surface area contributed by atoms with E-state index in [1.165, 1.54) is 13.8 Å². The van der Waals surface area contributed by atoms with Crippen LogP contribution in [0.5, 0.6) is 0 Å². The highest BCUT2D eigenvalue weighted by atomic mass is 16.3. The third kappa shape index (κ3) is 3.71. The van der Waals surface area contributed by atoms with E-state index in [0.29, 0.717) is 28.6 Å². The Morgan fingerprint density at radius 3 is 2.12 bits per heavy atom. The highest BCUT2D eigenvalue weighted by Gasteiger charge is 2.21. The Hall–Kier alpha value is -2.47. The van der Waals surface area contributed by atoms with Gasteiger partial charge in [0.05, 0.1) is 5.56 Å². The van der Waals surface area contributed by atoms with Gasteiger partial charge in [-0.3, -0.25) is 14.4 Å². The molecular weight excluding hydrogens is 308 g/mol. The molecule has 1 aromatic heterocycles. The van der Waals surface area contributed by atoms with Crippen LogP contribution in [0, 0.1) is 0 Å². The van der Waals surface area contributed by atoms with Crippen LogP contribution >= 0.6 is 0 Å². The molecule has 0 unspecified atom stereocenters. The molecule has 0 radical (unpaired) electrons. The van der Waals surface area contributed by atoms with Crippen molar-refractivity contribution < 1.29 is 18.8 Å². The molecule has 1 amide bonds. The number of hydrogen-bond donors (Lipinski definition) is 0. The maximum absolute atomic E-state index is 12.7. The number of carbonyl (C=O) groups is 3. The number of furan rings is 1. The minimum atomic E-state index is -0.246. The van der Waals surface area contributed by atoms with E-state index in [1.807, 2.05) is 19.0 Å². The number of likely N-dealkylation sites (N-methyl/N-ethyl adjacent to an activating group) is 2. The van der Waals surface area contributed by atoms with Crippen molar-refractivity contribution in [1.82, 2.24) is 9.80 Å². The lowest BCUT2D eigenvalue weighted by Gasteiger charge is -2.20. The first-order chi connectivity index (χ1) is 11.2. The van der Waals surface area contributed by atoms with Crippen LogP contribution in [0.2, 0.25) is 0 Å². The van der Waals surface area contributed by atoms with E-state index < -0.39 is 0 Å². The van der Waals surface area contributed by atoms with Gasteiger partial charge in [0.1, 0.15) is 5.58 Å². The molecule has 1 heterocycles. The predicted molar refractivity (Wildman–Crippen MR) is 91.7 cm³/mol. The number of fused-ring (bicyclic) bond motifs is 1. The molecule has 6 heteroatoms. The van der Waals surface area contributed by atoms with Gasteiger partial charge in [0.15, 0.2) is 17.3 Å². The average molecular weight is 330 g/mol. The van der Waals surface area contributed by atoms with Crippen LogP contribution in [0.25, 0.3) is 11.0 Å². The van der Waals surface area contributed by atoms with Crippen LogP contribution in [0.15, 0.2) is 22.6 Å². The molecule has 0 saturated carbocycles. The summed E-state index contributed by atoms with van der Waals surface area (Å²) in [4.78, 5) is 39.7. The number of carbonyl (C=O) groups excluding carboxylic acids is 3. The summed E-state index contributed by atoms with van der Waals surface area (Å²) < 4.78 is 5.49. The predicted octanol–water partition coefficient (Wildman–Crippen LogP) is 2.47. The molecule has 2 aromatic rings. The third-order valence-corrected chi connectivity index (χ3v) is 3.84. The number of ketones is 2. The number of Topliss-reactive ketones (excluding diaryl/α,β-unsaturated/α-hetero) is 2. The Balaban J connectivity index is 2.46. The fraction of sp³-hybridized carbons (Fsp3) is 0.389. The van der Waals surface area contributed by atoms with E-state index in [0.717, 1.165) is 6.54 Å². The summed E-state index contributed by atoms with van der Waals surface area (Å²) in [7, 11) is 5.55. The van der Waals surface area contributed by atoms with Gasteiger partial charge >= 0.3 is 0 Å². The van der Waals surface area contributed by atoms with Gasteiger partial charge in [0.2, 0.25) is 0 Å². The maximum Gasteiger partial charge on any atom is 0.254 e. The molecule has 128 valence electrons. The highest BCUT2D eigenvalue weighted by molar-refractivity contribution is 6.10. The summed E-state index contributed by atoms with van der Waals surface area (Å²) in [6, 6.07) is 4.75. The first kappa shape index (κ1) is 17.9. The number of nitrogens with zero attached hydrogens (tertiary/aromatic N) is 2. The fourth-order valence-corrected chi connectivity index (χ4v) is 2.39. The molecular formula is C18H22N2O4. The van der Waals surface area contributed by atoms with E-state index in [1.54, 1.807) is 30.1 Å². The lowest BCUT2D eigenvalue weighted by molar-refractivity contribution is 0.0781. The molecule has 0 aliphatic carbocycles. The first-order valence-corrected chi connectivity index (χ1v) is 7.70. The molecule has 0 aliphatic heterocycles. The molecule has 0 atom stereocenters. The number of amides is 1. The zero-order valence-electron chi connectivity index (χ0n) is 14.7. The van der Waals surface area contributed by atoms with E-state index >= 15 is 0 Å². The van der Waals surface area contributed by atoms with E-state index in [9.17, 15) is 14.4 Å². The van der Waals surface area contributed by atoms with Crippen LogP contribution in [-0.2, 0) is 0 Å². The Bertz CT molecular complexity index is 805. The highest BCUT2D eigenvalue weighted by Crippen LogP contribution is 2.25. The first-order valence-electron chi connectivity index (χ1n) is 7.70. The summed E-state index contributed by atoms with van der Waals surface area (Å²) in [5.41, 5.74) is 1.05. The minimum Gasteiger partial charge on any atom is -0.453 e. The van der Waals surface area contributed by atoms with E-state index in [2.05, 4.69) is 0 Å². The monoisotopic (exact) mass is 330 g/mol. The van der Waals surface area contributed by atoms with Crippen molar-refractivity contribution >= 4 is 28.4 Å². The zero-order chi connectivity index (χ0) is 18.0. The number of hydrogen-bond acceptors (Lipinski definition) is 5. The SMILES string of the molecule is CC(=O)c1cc2cc(C(C)=O)c(C(=O)N(C)CCN(C)C)cc2o1. The molecule has 0 bridgehead atoms. The molecule has 0 spiro atoms. The van der Waals surface area contributed by atoms with Crippen molar-refractivity contribution in [3.63, 3.8) is 0 Å². The van der Waals surface area contributed by atoms with Crippen molar-refractivity contribution in [2.24, 2.45) is 0 Å². The van der Waals surface area contributed by atoms with Gasteiger partial charge < -0.3 is 14.2 Å². The maximum atomic E-state index is 12.7. The normalized spacial score (nSPS) is 11.1. The molecule has 6 nitrogen and oxygen atoms in total. The summed E-state index contributed by atoms with van der Waals surface area (Å²) in [5.74, 6) is -0.437. The molecule has 0 N–H and O–H groups in total. The molecule has 0 fully saturated rings. The largest absolute Gasteiger partial charge is 0.453 e. The Morgan fingerprint density at radius 1 is 0.917 bits per heavy atom. The van der Waals surface area contributed by atoms with Crippen molar-refractivity contribution in [2.75, 3.05) is 34.2 Å². The molecule has 0 saturated heterocycles. The van der Waals surface area contributed by atoms with Crippen LogP contribution < -0.4 is 0 Å². The van der Waals surface area contributed by atoms with Crippen molar-refractivity contribution in [3.05, 3.63) is 35.1 Å². The lowest BCUT2D eigenvalue weighted by Crippen LogP contribution is -2.34. The summed E-state index contributed by atoms with van der Waals surface area (Å²) in [6.07, 6.45) is 0.